The molecule has 2 aromatic carbocycles. The van der Waals surface area contributed by atoms with Crippen LogP contribution in [0.1, 0.15) is 22.8 Å². The van der Waals surface area contributed by atoms with E-state index in [2.05, 4.69) is 18.2 Å². The van der Waals surface area contributed by atoms with Gasteiger partial charge in [-0.15, -0.1) is 0 Å². The van der Waals surface area contributed by atoms with E-state index >= 15 is 0 Å². The highest BCUT2D eigenvalue weighted by molar-refractivity contribution is 5.42. The Morgan fingerprint density at radius 1 is 1.06 bits per heavy atom. The first-order chi connectivity index (χ1) is 8.33. The molecule has 1 N–H and O–H groups in total. The van der Waals surface area contributed by atoms with E-state index in [9.17, 15) is 5.11 Å². The van der Waals surface area contributed by atoms with E-state index in [1.54, 1.807) is 0 Å². The highest BCUT2D eigenvalue weighted by Gasteiger charge is 2.21. The number of hydrogen-bond acceptors (Lipinski definition) is 2. The molecule has 2 aromatic rings. The number of aliphatic hydroxyl groups excluding tert-OH is 1. The second-order valence-electron chi connectivity index (χ2n) is 4.36. The zero-order valence-electron chi connectivity index (χ0n) is 9.47. The molecular formula is C15H14O2. The van der Waals surface area contributed by atoms with Crippen LogP contribution in [0.4, 0.5) is 0 Å². The normalized spacial score (nSPS) is 17.6. The van der Waals surface area contributed by atoms with Crippen molar-refractivity contribution < 1.29 is 9.84 Å². The molecule has 1 unspecified atom stereocenters. The Kier molecular flexibility index (Phi) is 2.57. The van der Waals surface area contributed by atoms with Gasteiger partial charge in [0.15, 0.2) is 0 Å². The number of rotatable bonds is 2. The van der Waals surface area contributed by atoms with Gasteiger partial charge < -0.3 is 9.84 Å². The van der Waals surface area contributed by atoms with Gasteiger partial charge in [0, 0.05) is 5.56 Å². The molecule has 1 heterocycles. The third-order valence-corrected chi connectivity index (χ3v) is 3.08. The zero-order chi connectivity index (χ0) is 11.7. The maximum absolute atomic E-state index is 9.75. The summed E-state index contributed by atoms with van der Waals surface area (Å²) >= 11 is 0. The van der Waals surface area contributed by atoms with Crippen molar-refractivity contribution in [2.75, 3.05) is 6.61 Å². The van der Waals surface area contributed by atoms with Crippen molar-refractivity contribution in [1.29, 1.82) is 0 Å². The molecule has 0 aliphatic carbocycles. The van der Waals surface area contributed by atoms with E-state index in [1.807, 2.05) is 30.3 Å². The molecule has 0 radical (unpaired) electrons. The first-order valence-corrected chi connectivity index (χ1v) is 5.80. The molecule has 0 aromatic heterocycles. The van der Waals surface area contributed by atoms with Gasteiger partial charge in [-0.25, -0.2) is 0 Å². The van der Waals surface area contributed by atoms with Crippen LogP contribution in [0, 0.1) is 0 Å². The molecule has 1 aliphatic heterocycles. The number of aliphatic hydroxyl groups is 1. The van der Waals surface area contributed by atoms with Crippen LogP contribution in [0.15, 0.2) is 48.5 Å². The van der Waals surface area contributed by atoms with Crippen molar-refractivity contribution >= 4 is 0 Å². The van der Waals surface area contributed by atoms with Crippen LogP contribution < -0.4 is 4.74 Å². The summed E-state index contributed by atoms with van der Waals surface area (Å²) in [5, 5.41) is 9.75. The summed E-state index contributed by atoms with van der Waals surface area (Å²) in [6.07, 6.45) is 0.418. The predicted octanol–water partition coefficient (Wildman–Crippen LogP) is 2.70. The monoisotopic (exact) mass is 226 g/mol. The summed E-state index contributed by atoms with van der Waals surface area (Å²) in [5.41, 5.74) is 3.40. The van der Waals surface area contributed by atoms with Gasteiger partial charge in [-0.1, -0.05) is 36.4 Å². The Hall–Kier alpha value is -1.80. The van der Waals surface area contributed by atoms with Gasteiger partial charge in [0.1, 0.15) is 18.5 Å². The van der Waals surface area contributed by atoms with E-state index in [4.69, 9.17) is 4.74 Å². The van der Waals surface area contributed by atoms with Crippen molar-refractivity contribution in [3.8, 4) is 5.75 Å². The third kappa shape index (κ3) is 2.04. The van der Waals surface area contributed by atoms with Crippen LogP contribution in [-0.2, 0) is 6.42 Å². The molecule has 86 valence electrons. The standard InChI is InChI=1S/C15H14O2/c16-14-10-17-15-7-6-12(9-13(14)15)8-11-4-2-1-3-5-11/h1-7,9,14,16H,8,10H2. The van der Waals surface area contributed by atoms with Gasteiger partial charge in [-0.2, -0.15) is 0 Å². The Balaban J connectivity index is 1.88. The van der Waals surface area contributed by atoms with Crippen molar-refractivity contribution in [3.05, 3.63) is 65.2 Å². The highest BCUT2D eigenvalue weighted by Crippen LogP contribution is 2.33. The second-order valence-corrected chi connectivity index (χ2v) is 4.36. The van der Waals surface area contributed by atoms with Gasteiger partial charge in [-0.05, 0) is 29.7 Å². The van der Waals surface area contributed by atoms with Crippen molar-refractivity contribution in [1.82, 2.24) is 0 Å². The van der Waals surface area contributed by atoms with E-state index in [-0.39, 0.29) is 0 Å². The fraction of sp³-hybridized carbons (Fsp3) is 0.200. The molecule has 0 saturated heterocycles. The largest absolute Gasteiger partial charge is 0.490 e. The quantitative estimate of drug-likeness (QED) is 0.853. The minimum absolute atomic E-state index is 0.379. The summed E-state index contributed by atoms with van der Waals surface area (Å²) in [7, 11) is 0. The van der Waals surface area contributed by atoms with Gasteiger partial charge in [0.05, 0.1) is 0 Å². The number of ether oxygens (including phenoxy) is 1. The summed E-state index contributed by atoms with van der Waals surface area (Å²) in [5.74, 6) is 0.814. The summed E-state index contributed by atoms with van der Waals surface area (Å²) < 4.78 is 5.37. The average Bonchev–Trinajstić information content (AvgIpc) is 2.73. The number of hydrogen-bond donors (Lipinski definition) is 1. The molecule has 0 bridgehead atoms. The van der Waals surface area contributed by atoms with E-state index in [1.165, 1.54) is 11.1 Å². The summed E-state index contributed by atoms with van der Waals surface area (Å²) in [4.78, 5) is 0. The molecule has 0 saturated carbocycles. The van der Waals surface area contributed by atoms with Gasteiger partial charge in [-0.3, -0.25) is 0 Å². The van der Waals surface area contributed by atoms with Crippen LogP contribution in [0.3, 0.4) is 0 Å². The molecule has 0 fully saturated rings. The molecule has 2 heteroatoms. The van der Waals surface area contributed by atoms with Crippen LogP contribution in [0.25, 0.3) is 0 Å². The van der Waals surface area contributed by atoms with Crippen LogP contribution >= 0.6 is 0 Å². The molecular weight excluding hydrogens is 212 g/mol. The molecule has 1 atom stereocenters. The number of fused-ring (bicyclic) bond motifs is 1. The molecule has 2 nitrogen and oxygen atoms in total. The third-order valence-electron chi connectivity index (χ3n) is 3.08. The lowest BCUT2D eigenvalue weighted by Gasteiger charge is -2.05. The van der Waals surface area contributed by atoms with Crippen molar-refractivity contribution in [2.24, 2.45) is 0 Å². The van der Waals surface area contributed by atoms with E-state index in [0.717, 1.165) is 17.7 Å². The maximum Gasteiger partial charge on any atom is 0.125 e. The Bertz CT molecular complexity index is 520. The molecule has 1 aliphatic rings. The van der Waals surface area contributed by atoms with Crippen molar-refractivity contribution in [3.63, 3.8) is 0 Å². The van der Waals surface area contributed by atoms with Gasteiger partial charge in [0.2, 0.25) is 0 Å². The van der Waals surface area contributed by atoms with Gasteiger partial charge >= 0.3 is 0 Å². The lowest BCUT2D eigenvalue weighted by atomic mass is 10.0. The SMILES string of the molecule is OC1COc2ccc(Cc3ccccc3)cc21. The Labute approximate surface area is 100 Å². The Morgan fingerprint density at radius 3 is 2.71 bits per heavy atom. The van der Waals surface area contributed by atoms with E-state index < -0.39 is 6.10 Å². The lowest BCUT2D eigenvalue weighted by Crippen LogP contribution is -1.97. The summed E-state index contributed by atoms with van der Waals surface area (Å²) in [6, 6.07) is 16.4. The Morgan fingerprint density at radius 2 is 1.88 bits per heavy atom. The molecule has 3 rings (SSSR count). The fourth-order valence-electron chi connectivity index (χ4n) is 2.19. The zero-order valence-corrected chi connectivity index (χ0v) is 9.47. The smallest absolute Gasteiger partial charge is 0.125 e. The minimum Gasteiger partial charge on any atom is -0.490 e. The summed E-state index contributed by atoms with van der Waals surface area (Å²) in [6.45, 7) is 0.379. The molecule has 17 heavy (non-hydrogen) atoms. The second kappa shape index (κ2) is 4.22. The lowest BCUT2D eigenvalue weighted by molar-refractivity contribution is 0.140. The van der Waals surface area contributed by atoms with Crippen LogP contribution in [0.5, 0.6) is 5.75 Å². The highest BCUT2D eigenvalue weighted by atomic mass is 16.5. The van der Waals surface area contributed by atoms with Crippen molar-refractivity contribution in [2.45, 2.75) is 12.5 Å². The number of benzene rings is 2. The molecule has 0 amide bonds. The fourth-order valence-corrected chi connectivity index (χ4v) is 2.19. The average molecular weight is 226 g/mol. The maximum atomic E-state index is 9.75. The van der Waals surface area contributed by atoms with Crippen LogP contribution in [0.2, 0.25) is 0 Å². The van der Waals surface area contributed by atoms with Gasteiger partial charge in [0.25, 0.3) is 0 Å². The predicted molar refractivity (Wildman–Crippen MR) is 66.1 cm³/mol. The minimum atomic E-state index is -0.472. The molecule has 0 spiro atoms. The van der Waals surface area contributed by atoms with E-state index in [0.29, 0.717) is 6.61 Å². The first kappa shape index (κ1) is 10.4. The van der Waals surface area contributed by atoms with Crippen LogP contribution in [-0.4, -0.2) is 11.7 Å². The topological polar surface area (TPSA) is 29.5 Å². The first-order valence-electron chi connectivity index (χ1n) is 5.80.